The van der Waals surface area contributed by atoms with Gasteiger partial charge >= 0.3 is 8.80 Å². The van der Waals surface area contributed by atoms with Gasteiger partial charge in [-0.2, -0.15) is 0 Å². The quantitative estimate of drug-likeness (QED) is 0.217. The van der Waals surface area contributed by atoms with Crippen LogP contribution in [0.2, 0.25) is 6.04 Å². The Balaban J connectivity index is 4.31. The Morgan fingerprint density at radius 2 is 1.35 bits per heavy atom. The van der Waals surface area contributed by atoms with E-state index in [2.05, 4.69) is 13.8 Å². The molecule has 0 rings (SSSR count). The van der Waals surface area contributed by atoms with Gasteiger partial charge in [0.1, 0.15) is 5.67 Å². The minimum atomic E-state index is -2.44. The molecule has 0 aromatic carbocycles. The van der Waals surface area contributed by atoms with Gasteiger partial charge in [-0.25, -0.2) is 0 Å². The number of thiol groups is 1. The summed E-state index contributed by atoms with van der Waals surface area (Å²) in [6, 6.07) is 0.913. The van der Waals surface area contributed by atoms with Crippen molar-refractivity contribution in [2.75, 3.05) is 37.9 Å². The number of rotatable bonds is 13. The second-order valence-corrected chi connectivity index (χ2v) is 16.7. The van der Waals surface area contributed by atoms with E-state index in [0.717, 1.165) is 18.2 Å². The molecule has 0 saturated heterocycles. The summed E-state index contributed by atoms with van der Waals surface area (Å²) < 4.78 is 17.6. The molecule has 0 bridgehead atoms. The zero-order valence-electron chi connectivity index (χ0n) is 13.7. The summed E-state index contributed by atoms with van der Waals surface area (Å²) in [7, 11) is -2.44. The Morgan fingerprint density at radius 3 is 1.70 bits per heavy atom. The molecular formula is C13H32O3PS2Si+. The van der Waals surface area contributed by atoms with Crippen LogP contribution in [-0.4, -0.2) is 46.7 Å². The van der Waals surface area contributed by atoms with Crippen molar-refractivity contribution in [2.24, 2.45) is 0 Å². The van der Waals surface area contributed by atoms with Crippen molar-refractivity contribution in [3.05, 3.63) is 0 Å². The van der Waals surface area contributed by atoms with Gasteiger partial charge in [0.2, 0.25) is 0 Å². The fraction of sp³-hybridized carbons (Fsp3) is 1.00. The maximum absolute atomic E-state index is 5.87. The van der Waals surface area contributed by atoms with Crippen LogP contribution in [0.3, 0.4) is 0 Å². The molecule has 0 spiro atoms. The van der Waals surface area contributed by atoms with Crippen molar-refractivity contribution in [2.45, 2.75) is 47.1 Å². The molecule has 0 aliphatic heterocycles. The second-order valence-electron chi connectivity index (χ2n) is 4.40. The first-order chi connectivity index (χ1) is 9.51. The van der Waals surface area contributed by atoms with Gasteiger partial charge in [-0.1, -0.05) is 0 Å². The van der Waals surface area contributed by atoms with E-state index in [4.69, 9.17) is 25.5 Å². The molecule has 0 heterocycles. The van der Waals surface area contributed by atoms with Crippen LogP contribution in [0.4, 0.5) is 0 Å². The summed E-state index contributed by atoms with van der Waals surface area (Å²) in [5.41, 5.74) is -1.06. The third-order valence-corrected chi connectivity index (χ3v) is 15.4. The van der Waals surface area contributed by atoms with Gasteiger partial charge < -0.3 is 13.3 Å². The summed E-state index contributed by atoms with van der Waals surface area (Å²) in [4.78, 5) is 0. The lowest BCUT2D eigenvalue weighted by Gasteiger charge is -2.28. The number of hydrogen-bond acceptors (Lipinski definition) is 5. The van der Waals surface area contributed by atoms with E-state index in [1.54, 1.807) is 0 Å². The Hall–Kier alpha value is 1.23. The van der Waals surface area contributed by atoms with Crippen LogP contribution in [0, 0.1) is 0 Å². The summed E-state index contributed by atoms with van der Waals surface area (Å²) in [6.45, 7) is 12.5. The maximum atomic E-state index is 5.87. The Morgan fingerprint density at radius 1 is 0.900 bits per heavy atom. The van der Waals surface area contributed by atoms with Gasteiger partial charge in [-0.15, -0.1) is 0 Å². The van der Waals surface area contributed by atoms with Crippen LogP contribution >= 0.6 is 29.3 Å². The third kappa shape index (κ3) is 8.02. The van der Waals surface area contributed by atoms with E-state index < -0.39 is 14.5 Å². The van der Waals surface area contributed by atoms with E-state index in [1.165, 1.54) is 12.3 Å². The lowest BCUT2D eigenvalue weighted by atomic mass is 10.6. The van der Waals surface area contributed by atoms with Gasteiger partial charge in [0, 0.05) is 55.2 Å². The highest BCUT2D eigenvalue weighted by molar-refractivity contribution is 8.90. The predicted octanol–water partition coefficient (Wildman–Crippen LogP) is 4.98. The van der Waals surface area contributed by atoms with E-state index in [-0.39, 0.29) is 0 Å². The molecule has 0 N–H and O–H groups in total. The lowest BCUT2D eigenvalue weighted by Crippen LogP contribution is -2.46. The zero-order chi connectivity index (χ0) is 15.5. The largest absolute Gasteiger partial charge is 0.500 e. The normalized spacial score (nSPS) is 12.9. The summed E-state index contributed by atoms with van der Waals surface area (Å²) in [5, 5.41) is 0. The van der Waals surface area contributed by atoms with Gasteiger partial charge in [0.25, 0.3) is 0 Å². The third-order valence-electron chi connectivity index (χ3n) is 3.04. The minimum absolute atomic E-state index is 0.660. The lowest BCUT2D eigenvalue weighted by molar-refractivity contribution is 0.0712. The van der Waals surface area contributed by atoms with E-state index >= 15 is 0 Å². The molecule has 122 valence electrons. The van der Waals surface area contributed by atoms with Crippen molar-refractivity contribution in [1.29, 1.82) is 0 Å². The molecule has 7 heteroatoms. The Bertz CT molecular complexity index is 227. The molecule has 0 saturated carbocycles. The summed E-state index contributed by atoms with van der Waals surface area (Å²) in [5.74, 6) is 1.13. The molecule has 0 aromatic heterocycles. The van der Waals surface area contributed by atoms with Crippen LogP contribution in [-0.2, 0) is 13.3 Å². The fourth-order valence-corrected chi connectivity index (χ4v) is 9.46. The molecule has 3 nitrogen and oxygen atoms in total. The highest BCUT2D eigenvalue weighted by Gasteiger charge is 2.40. The first-order valence-corrected chi connectivity index (χ1v) is 14.5. The summed E-state index contributed by atoms with van der Waals surface area (Å²) >= 11 is 6.93. The molecule has 0 amide bonds. The summed E-state index contributed by atoms with van der Waals surface area (Å²) in [6.07, 6.45) is 3.48. The molecule has 0 aliphatic rings. The van der Waals surface area contributed by atoms with Gasteiger partial charge in [-0.05, 0) is 41.0 Å². The maximum Gasteiger partial charge on any atom is 0.500 e. The molecule has 0 unspecified atom stereocenters. The fourth-order valence-electron chi connectivity index (χ4n) is 1.93. The highest BCUT2D eigenvalue weighted by atomic mass is 33.1. The van der Waals surface area contributed by atoms with Gasteiger partial charge in [-0.3, -0.25) is 0 Å². The predicted molar refractivity (Wildman–Crippen MR) is 99.5 cm³/mol. The average Bonchev–Trinajstić information content (AvgIpc) is 2.44. The van der Waals surface area contributed by atoms with Crippen molar-refractivity contribution in [3.8, 4) is 0 Å². The molecule has 0 atom stereocenters. The van der Waals surface area contributed by atoms with Crippen LogP contribution in [0.5, 0.6) is 0 Å². The average molecular weight is 360 g/mol. The zero-order valence-corrected chi connectivity index (χ0v) is 17.3. The number of hydrogen-bond donors (Lipinski definition) is 1. The highest BCUT2D eigenvalue weighted by Crippen LogP contribution is 2.73. The van der Waals surface area contributed by atoms with Crippen molar-refractivity contribution in [1.82, 2.24) is 0 Å². The van der Waals surface area contributed by atoms with Crippen molar-refractivity contribution < 1.29 is 13.3 Å². The van der Waals surface area contributed by atoms with Crippen LogP contribution < -0.4 is 0 Å². The molecule has 0 fully saturated rings. The second kappa shape index (κ2) is 11.7. The monoisotopic (exact) mass is 359 g/mol. The molecule has 0 radical (unpaired) electrons. The van der Waals surface area contributed by atoms with Gasteiger partial charge in [0.05, 0.1) is 12.3 Å². The van der Waals surface area contributed by atoms with Crippen molar-refractivity contribution >= 4 is 38.1 Å². The van der Waals surface area contributed by atoms with Crippen LogP contribution in [0.25, 0.3) is 0 Å². The van der Waals surface area contributed by atoms with E-state index in [0.29, 0.717) is 19.8 Å². The minimum Gasteiger partial charge on any atom is -0.374 e. The standard InChI is InChI=1S/C13H32O3PS2Si/c1-6-14-20(15-7-2,16-8-3)13-11-12-19-17(18,9-4)10-5/h18H,6-13H2,1-5H3/q+1. The van der Waals surface area contributed by atoms with E-state index in [9.17, 15) is 0 Å². The molecular weight excluding hydrogens is 327 g/mol. The van der Waals surface area contributed by atoms with Crippen molar-refractivity contribution in [3.63, 3.8) is 0 Å². The topological polar surface area (TPSA) is 27.7 Å². The Kier molecular flexibility index (Phi) is 12.5. The molecule has 20 heavy (non-hydrogen) atoms. The first kappa shape index (κ1) is 21.2. The molecule has 0 aromatic rings. The molecule has 0 aliphatic carbocycles. The van der Waals surface area contributed by atoms with Crippen LogP contribution in [0.1, 0.15) is 41.0 Å². The Labute approximate surface area is 136 Å². The smallest absolute Gasteiger partial charge is 0.374 e. The first-order valence-electron chi connectivity index (χ1n) is 7.67. The SMILES string of the molecule is CCO[Si](CCCS[P+](S)(CC)CC)(OCC)OCC. The van der Waals surface area contributed by atoms with Crippen LogP contribution in [0.15, 0.2) is 0 Å². The van der Waals surface area contributed by atoms with Gasteiger partial charge in [0.15, 0.2) is 0 Å². The van der Waals surface area contributed by atoms with E-state index in [1.807, 2.05) is 32.2 Å².